The molecular formula is C12H12O. The second-order valence-electron chi connectivity index (χ2n) is 4.39. The van der Waals surface area contributed by atoms with Gasteiger partial charge in [-0.25, -0.2) is 0 Å². The van der Waals surface area contributed by atoms with Crippen molar-refractivity contribution in [3.05, 3.63) is 34.9 Å². The lowest BCUT2D eigenvalue weighted by Crippen LogP contribution is -2.08. The minimum Gasteiger partial charge on any atom is -0.294 e. The van der Waals surface area contributed by atoms with Crippen molar-refractivity contribution in [3.8, 4) is 0 Å². The van der Waals surface area contributed by atoms with Crippen LogP contribution < -0.4 is 0 Å². The number of fused-ring (bicyclic) bond motifs is 1. The highest BCUT2D eigenvalue weighted by molar-refractivity contribution is 6.06. The van der Waals surface area contributed by atoms with E-state index in [-0.39, 0.29) is 5.41 Å². The third-order valence-corrected chi connectivity index (χ3v) is 3.51. The van der Waals surface area contributed by atoms with Gasteiger partial charge in [0.1, 0.15) is 0 Å². The first kappa shape index (κ1) is 7.31. The molecule has 0 aromatic heterocycles. The van der Waals surface area contributed by atoms with Crippen LogP contribution in [0.3, 0.4) is 0 Å². The maximum atomic E-state index is 11.9. The molecule has 0 amide bonds. The Bertz CT molecular complexity index is 400. The number of aryl methyl sites for hydroxylation is 1. The molecule has 0 saturated heterocycles. The highest BCUT2D eigenvalue weighted by Gasteiger charge is 2.54. The first-order valence-corrected chi connectivity index (χ1v) is 4.86. The summed E-state index contributed by atoms with van der Waals surface area (Å²) in [5.74, 6) is 0.409. The number of rotatable bonds is 0. The molecule has 0 radical (unpaired) electrons. The molecule has 66 valence electrons. The van der Waals surface area contributed by atoms with Gasteiger partial charge in [-0.15, -0.1) is 0 Å². The summed E-state index contributed by atoms with van der Waals surface area (Å²) in [7, 11) is 0. The van der Waals surface area contributed by atoms with E-state index >= 15 is 0 Å². The number of ketones is 1. The molecule has 2 aliphatic carbocycles. The second-order valence-corrected chi connectivity index (χ2v) is 4.39. The Morgan fingerprint density at radius 2 is 2.08 bits per heavy atom. The van der Waals surface area contributed by atoms with Crippen LogP contribution in [0.5, 0.6) is 0 Å². The van der Waals surface area contributed by atoms with Gasteiger partial charge in [0, 0.05) is 11.0 Å². The molecule has 1 heteroatoms. The van der Waals surface area contributed by atoms with Gasteiger partial charge >= 0.3 is 0 Å². The van der Waals surface area contributed by atoms with E-state index in [0.717, 1.165) is 24.8 Å². The molecule has 1 spiro atoms. The van der Waals surface area contributed by atoms with E-state index in [2.05, 4.69) is 13.0 Å². The van der Waals surface area contributed by atoms with Gasteiger partial charge < -0.3 is 0 Å². The number of hydrogen-bond donors (Lipinski definition) is 0. The van der Waals surface area contributed by atoms with E-state index in [1.807, 2.05) is 12.1 Å². The average molecular weight is 172 g/mol. The average Bonchev–Trinajstić information content (AvgIpc) is 2.82. The van der Waals surface area contributed by atoms with Gasteiger partial charge in [-0.05, 0) is 37.3 Å². The summed E-state index contributed by atoms with van der Waals surface area (Å²) < 4.78 is 0. The summed E-state index contributed by atoms with van der Waals surface area (Å²) in [4.78, 5) is 11.9. The van der Waals surface area contributed by atoms with E-state index < -0.39 is 0 Å². The maximum absolute atomic E-state index is 11.9. The second kappa shape index (κ2) is 2.03. The minimum atomic E-state index is 0.0639. The third-order valence-electron chi connectivity index (χ3n) is 3.51. The molecule has 1 aromatic rings. The third kappa shape index (κ3) is 0.796. The predicted molar refractivity (Wildman–Crippen MR) is 50.9 cm³/mol. The maximum Gasteiger partial charge on any atom is 0.169 e. The van der Waals surface area contributed by atoms with Crippen LogP contribution in [0.4, 0.5) is 0 Å². The van der Waals surface area contributed by atoms with Crippen molar-refractivity contribution < 1.29 is 4.79 Å². The molecular weight excluding hydrogens is 160 g/mol. The number of benzene rings is 1. The summed E-state index contributed by atoms with van der Waals surface area (Å²) >= 11 is 0. The van der Waals surface area contributed by atoms with Crippen LogP contribution in [0.15, 0.2) is 18.2 Å². The standard InChI is InChI=1S/C12H12O/c1-8-3-2-4-9-10(8)7-12(5-6-12)11(9)13/h2-4H,5-7H2,1H3. The summed E-state index contributed by atoms with van der Waals surface area (Å²) in [6.07, 6.45) is 3.23. The van der Waals surface area contributed by atoms with E-state index in [9.17, 15) is 4.79 Å². The van der Waals surface area contributed by atoms with Crippen molar-refractivity contribution in [2.45, 2.75) is 26.2 Å². The fraction of sp³-hybridized carbons (Fsp3) is 0.417. The zero-order valence-electron chi connectivity index (χ0n) is 7.76. The van der Waals surface area contributed by atoms with E-state index in [1.54, 1.807) is 0 Å². The van der Waals surface area contributed by atoms with Gasteiger partial charge in [0.25, 0.3) is 0 Å². The fourth-order valence-electron chi connectivity index (χ4n) is 2.41. The molecule has 0 unspecified atom stereocenters. The molecule has 1 aromatic carbocycles. The summed E-state index contributed by atoms with van der Waals surface area (Å²) in [6, 6.07) is 6.08. The smallest absolute Gasteiger partial charge is 0.169 e. The van der Waals surface area contributed by atoms with Crippen molar-refractivity contribution in [1.82, 2.24) is 0 Å². The Hall–Kier alpha value is -1.11. The molecule has 0 aliphatic heterocycles. The molecule has 2 aliphatic rings. The molecule has 1 fully saturated rings. The van der Waals surface area contributed by atoms with E-state index in [0.29, 0.717) is 5.78 Å². The largest absolute Gasteiger partial charge is 0.294 e. The van der Waals surface area contributed by atoms with Crippen LogP contribution in [0.2, 0.25) is 0 Å². The van der Waals surface area contributed by atoms with E-state index in [1.165, 1.54) is 11.1 Å². The first-order valence-electron chi connectivity index (χ1n) is 4.86. The Morgan fingerprint density at radius 1 is 1.31 bits per heavy atom. The van der Waals surface area contributed by atoms with Gasteiger partial charge in [-0.2, -0.15) is 0 Å². The van der Waals surface area contributed by atoms with Crippen molar-refractivity contribution in [2.24, 2.45) is 5.41 Å². The minimum absolute atomic E-state index is 0.0639. The number of Topliss-reactive ketones (excluding diaryl/α,β-unsaturated/α-hetero) is 1. The Kier molecular flexibility index (Phi) is 1.14. The van der Waals surface area contributed by atoms with Crippen LogP contribution in [-0.4, -0.2) is 5.78 Å². The first-order chi connectivity index (χ1) is 6.23. The quantitative estimate of drug-likeness (QED) is 0.587. The Labute approximate surface area is 77.8 Å². The van der Waals surface area contributed by atoms with Gasteiger partial charge in [0.05, 0.1) is 0 Å². The van der Waals surface area contributed by atoms with Gasteiger partial charge in [-0.3, -0.25) is 4.79 Å². The fourth-order valence-corrected chi connectivity index (χ4v) is 2.41. The number of carbonyl (C=O) groups excluding carboxylic acids is 1. The molecule has 1 nitrogen and oxygen atoms in total. The molecule has 0 heterocycles. The molecule has 13 heavy (non-hydrogen) atoms. The van der Waals surface area contributed by atoms with Crippen LogP contribution in [0, 0.1) is 12.3 Å². The zero-order valence-corrected chi connectivity index (χ0v) is 7.76. The van der Waals surface area contributed by atoms with Crippen molar-refractivity contribution in [3.63, 3.8) is 0 Å². The van der Waals surface area contributed by atoms with E-state index in [4.69, 9.17) is 0 Å². The van der Waals surface area contributed by atoms with Crippen molar-refractivity contribution >= 4 is 5.78 Å². The molecule has 0 atom stereocenters. The predicted octanol–water partition coefficient (Wildman–Crippen LogP) is 2.51. The topological polar surface area (TPSA) is 17.1 Å². The van der Waals surface area contributed by atoms with Gasteiger partial charge in [0.15, 0.2) is 5.78 Å². The zero-order chi connectivity index (χ0) is 9.05. The Morgan fingerprint density at radius 3 is 2.69 bits per heavy atom. The monoisotopic (exact) mass is 172 g/mol. The van der Waals surface area contributed by atoms with Crippen LogP contribution >= 0.6 is 0 Å². The lowest BCUT2D eigenvalue weighted by Gasteiger charge is -2.00. The number of carbonyl (C=O) groups is 1. The van der Waals surface area contributed by atoms with Crippen LogP contribution in [0.1, 0.15) is 34.3 Å². The molecule has 0 bridgehead atoms. The van der Waals surface area contributed by atoms with Crippen molar-refractivity contribution in [1.29, 1.82) is 0 Å². The Balaban J connectivity index is 2.22. The SMILES string of the molecule is Cc1cccc2c1CC1(CC1)C2=O. The number of hydrogen-bond acceptors (Lipinski definition) is 1. The van der Waals surface area contributed by atoms with Crippen LogP contribution in [-0.2, 0) is 6.42 Å². The molecule has 3 rings (SSSR count). The highest BCUT2D eigenvalue weighted by atomic mass is 16.1. The summed E-state index contributed by atoms with van der Waals surface area (Å²) in [6.45, 7) is 2.10. The lowest BCUT2D eigenvalue weighted by molar-refractivity contribution is 0.0919. The highest BCUT2D eigenvalue weighted by Crippen LogP contribution is 2.55. The molecule has 0 N–H and O–H groups in total. The van der Waals surface area contributed by atoms with Crippen LogP contribution in [0.25, 0.3) is 0 Å². The summed E-state index contributed by atoms with van der Waals surface area (Å²) in [5, 5.41) is 0. The summed E-state index contributed by atoms with van der Waals surface area (Å²) in [5.41, 5.74) is 3.66. The lowest BCUT2D eigenvalue weighted by atomic mass is 10.0. The van der Waals surface area contributed by atoms with Gasteiger partial charge in [0.2, 0.25) is 0 Å². The molecule has 1 saturated carbocycles. The normalized spacial score (nSPS) is 22.1. The van der Waals surface area contributed by atoms with Gasteiger partial charge in [-0.1, -0.05) is 18.2 Å². The van der Waals surface area contributed by atoms with Crippen molar-refractivity contribution in [2.75, 3.05) is 0 Å².